The summed E-state index contributed by atoms with van der Waals surface area (Å²) in [6.07, 6.45) is 118. The molecule has 0 saturated carbocycles. The number of aliphatic carboxylic acids is 1. The van der Waals surface area contributed by atoms with Crippen LogP contribution in [0.25, 0.3) is 0 Å². The highest BCUT2D eigenvalue weighted by atomic mass is 16.7. The van der Waals surface area contributed by atoms with E-state index in [9.17, 15) is 19.5 Å². The Labute approximate surface area is 666 Å². The minimum atomic E-state index is -1.62. The highest BCUT2D eigenvalue weighted by molar-refractivity contribution is 5.70. The molecule has 0 aliphatic rings. The molecule has 9 nitrogen and oxygen atoms in total. The first-order valence-corrected chi connectivity index (χ1v) is 47.1. The molecule has 0 saturated heterocycles. The van der Waals surface area contributed by atoms with Gasteiger partial charge in [-0.1, -0.05) is 453 Å². The zero-order valence-corrected chi connectivity index (χ0v) is 72.0. The monoisotopic (exact) mass is 1500 g/mol. The second-order valence-corrected chi connectivity index (χ2v) is 33.3. The Hall–Kier alpha value is -3.27. The topological polar surface area (TPSA) is 111 Å². The fourth-order valence-corrected chi connectivity index (χ4v) is 14.3. The Morgan fingerprint density at radius 2 is 0.533 bits per heavy atom. The van der Waals surface area contributed by atoms with E-state index < -0.39 is 24.3 Å². The predicted octanol–water partition coefficient (Wildman–Crippen LogP) is 29.7. The van der Waals surface area contributed by atoms with Crippen LogP contribution in [0.2, 0.25) is 0 Å². The van der Waals surface area contributed by atoms with Gasteiger partial charge < -0.3 is 33.3 Å². The molecule has 0 aromatic rings. The van der Waals surface area contributed by atoms with Crippen molar-refractivity contribution in [3.63, 3.8) is 0 Å². The standard InChI is InChI=1S/C98H181NO8/c1-6-8-10-12-14-16-18-20-22-24-26-28-30-32-34-36-38-40-42-44-46-48-50-52-54-56-58-60-62-64-66-68-70-72-74-76-78-80-82-84-86-88-95(100)105-92-94(93-106-98(97(102)103)104-91-90-99(3,4)5)107-96(101)89-87-85-83-81-79-77-75-73-71-69-67-65-63-61-59-57-55-53-51-49-47-45-43-41-39-37-35-33-31-29-27-25-23-21-19-17-15-13-11-9-7-2/h9,11,15,17,21,23-24,26-27,29,33,35,94,98H,6-8,10,12-14,16,18-20,22,25,28,30-32,34,36-93H2,1-5H3/b11-9-,17-15-,23-21-,26-24-,29-27-,35-33-. The van der Waals surface area contributed by atoms with Crippen LogP contribution in [0.15, 0.2) is 72.9 Å². The number of carboxylic acids is 1. The third kappa shape index (κ3) is 89.8. The fraction of sp³-hybridized carbons (Fsp3) is 0.847. The molecule has 0 heterocycles. The van der Waals surface area contributed by atoms with E-state index in [-0.39, 0.29) is 32.2 Å². The van der Waals surface area contributed by atoms with Crippen molar-refractivity contribution >= 4 is 17.9 Å². The number of rotatable bonds is 89. The van der Waals surface area contributed by atoms with Crippen molar-refractivity contribution in [3.8, 4) is 0 Å². The molecule has 0 aliphatic heterocycles. The summed E-state index contributed by atoms with van der Waals surface area (Å²) in [6.45, 7) is 4.72. The number of carbonyl (C=O) groups excluding carboxylic acids is 3. The van der Waals surface area contributed by atoms with Gasteiger partial charge in [0.05, 0.1) is 40.3 Å². The maximum absolute atomic E-state index is 13.0. The lowest BCUT2D eigenvalue weighted by Gasteiger charge is -2.26. The van der Waals surface area contributed by atoms with Gasteiger partial charge in [0.15, 0.2) is 12.4 Å². The van der Waals surface area contributed by atoms with Crippen molar-refractivity contribution in [2.45, 2.75) is 489 Å². The number of carbonyl (C=O) groups is 3. The fourth-order valence-electron chi connectivity index (χ4n) is 14.3. The summed E-state index contributed by atoms with van der Waals surface area (Å²) < 4.78 is 23.0. The second-order valence-electron chi connectivity index (χ2n) is 33.3. The number of nitrogens with zero attached hydrogens (tertiary/aromatic N) is 1. The van der Waals surface area contributed by atoms with Crippen LogP contribution in [0.1, 0.15) is 476 Å². The van der Waals surface area contributed by atoms with Crippen LogP contribution in [0, 0.1) is 0 Å². The molecule has 0 fully saturated rings. The van der Waals surface area contributed by atoms with Crippen molar-refractivity contribution in [3.05, 3.63) is 72.9 Å². The van der Waals surface area contributed by atoms with Crippen LogP contribution < -0.4 is 5.11 Å². The normalized spacial score (nSPS) is 12.9. The first-order chi connectivity index (χ1) is 52.6. The van der Waals surface area contributed by atoms with Crippen LogP contribution in [-0.2, 0) is 33.3 Å². The first kappa shape index (κ1) is 104. The van der Waals surface area contributed by atoms with Gasteiger partial charge in [-0.2, -0.15) is 0 Å². The lowest BCUT2D eigenvalue weighted by Crippen LogP contribution is -2.44. The molecule has 0 spiro atoms. The molecule has 107 heavy (non-hydrogen) atoms. The molecule has 626 valence electrons. The van der Waals surface area contributed by atoms with Gasteiger partial charge >= 0.3 is 11.9 Å². The van der Waals surface area contributed by atoms with Gasteiger partial charge in [0.2, 0.25) is 0 Å². The Bertz CT molecular complexity index is 2000. The Morgan fingerprint density at radius 3 is 0.804 bits per heavy atom. The van der Waals surface area contributed by atoms with Gasteiger partial charge in [-0.05, 0) is 83.5 Å². The van der Waals surface area contributed by atoms with Crippen LogP contribution in [0.3, 0.4) is 0 Å². The van der Waals surface area contributed by atoms with Crippen molar-refractivity contribution in [1.29, 1.82) is 0 Å². The molecule has 2 atom stereocenters. The number of unbranched alkanes of at least 4 members (excludes halogenated alkanes) is 62. The minimum absolute atomic E-state index is 0.151. The Kier molecular flexibility index (Phi) is 85.6. The third-order valence-electron chi connectivity index (χ3n) is 21.4. The number of esters is 2. The molecule has 9 heteroatoms. The highest BCUT2D eigenvalue weighted by Gasteiger charge is 2.22. The summed E-state index contributed by atoms with van der Waals surface area (Å²) in [5.41, 5.74) is 0. The van der Waals surface area contributed by atoms with Crippen LogP contribution in [0.4, 0.5) is 0 Å². The number of hydrogen-bond donors (Lipinski definition) is 0. The smallest absolute Gasteiger partial charge is 0.306 e. The molecule has 2 unspecified atom stereocenters. The van der Waals surface area contributed by atoms with Crippen LogP contribution in [0.5, 0.6) is 0 Å². The lowest BCUT2D eigenvalue weighted by molar-refractivity contribution is -0.870. The second kappa shape index (κ2) is 88.3. The van der Waals surface area contributed by atoms with Crippen molar-refractivity contribution in [2.75, 3.05) is 47.5 Å². The molecule has 0 aromatic heterocycles. The third-order valence-corrected chi connectivity index (χ3v) is 21.4. The molecule has 0 rings (SSSR count). The number of ether oxygens (including phenoxy) is 4. The summed E-state index contributed by atoms with van der Waals surface area (Å²) in [5.74, 6) is -2.25. The maximum Gasteiger partial charge on any atom is 0.306 e. The van der Waals surface area contributed by atoms with Crippen LogP contribution >= 0.6 is 0 Å². The van der Waals surface area contributed by atoms with Crippen molar-refractivity contribution in [1.82, 2.24) is 0 Å². The Morgan fingerprint density at radius 1 is 0.290 bits per heavy atom. The van der Waals surface area contributed by atoms with Gasteiger partial charge in [-0.25, -0.2) is 0 Å². The average molecular weight is 1500 g/mol. The highest BCUT2D eigenvalue weighted by Crippen LogP contribution is 2.21. The maximum atomic E-state index is 13.0. The van der Waals surface area contributed by atoms with E-state index in [1.54, 1.807) is 0 Å². The van der Waals surface area contributed by atoms with E-state index in [2.05, 4.69) is 86.8 Å². The van der Waals surface area contributed by atoms with E-state index in [0.717, 1.165) is 70.6 Å². The summed E-state index contributed by atoms with van der Waals surface area (Å²) in [5, 5.41) is 11.9. The molecule has 0 amide bonds. The van der Waals surface area contributed by atoms with Crippen molar-refractivity contribution in [2.24, 2.45) is 0 Å². The molecule has 0 aliphatic carbocycles. The van der Waals surface area contributed by atoms with Crippen molar-refractivity contribution < 1.29 is 42.9 Å². The van der Waals surface area contributed by atoms with E-state index in [4.69, 9.17) is 18.9 Å². The van der Waals surface area contributed by atoms with Gasteiger partial charge in [0.1, 0.15) is 13.2 Å². The summed E-state index contributed by atoms with van der Waals surface area (Å²) >= 11 is 0. The quantitative estimate of drug-likeness (QED) is 0.0195. The van der Waals surface area contributed by atoms with Gasteiger partial charge in [0.25, 0.3) is 0 Å². The van der Waals surface area contributed by atoms with E-state index >= 15 is 0 Å². The summed E-state index contributed by atoms with van der Waals surface area (Å²) in [7, 11) is 5.96. The Balaban J connectivity index is 3.87. The molecule has 0 radical (unpaired) electrons. The van der Waals surface area contributed by atoms with Gasteiger partial charge in [0, 0.05) is 12.8 Å². The number of likely N-dealkylation sites (N-methyl/N-ethyl adjacent to an activating group) is 1. The summed E-state index contributed by atoms with van der Waals surface area (Å²) in [4.78, 5) is 37.7. The van der Waals surface area contributed by atoms with Gasteiger partial charge in [-0.15, -0.1) is 0 Å². The molecule has 0 aromatic carbocycles. The zero-order valence-electron chi connectivity index (χ0n) is 72.0. The molecular weight excluding hydrogens is 1320 g/mol. The van der Waals surface area contributed by atoms with E-state index in [1.807, 2.05) is 21.1 Å². The zero-order chi connectivity index (χ0) is 77.4. The molecule has 0 N–H and O–H groups in total. The van der Waals surface area contributed by atoms with E-state index in [1.165, 1.54) is 379 Å². The van der Waals surface area contributed by atoms with E-state index in [0.29, 0.717) is 17.4 Å². The largest absolute Gasteiger partial charge is 0.545 e. The summed E-state index contributed by atoms with van der Waals surface area (Å²) in [6, 6.07) is 0. The number of quaternary nitrogens is 1. The minimum Gasteiger partial charge on any atom is -0.545 e. The van der Waals surface area contributed by atoms with Crippen LogP contribution in [-0.4, -0.2) is 82.3 Å². The predicted molar refractivity (Wildman–Crippen MR) is 463 cm³/mol. The van der Waals surface area contributed by atoms with Gasteiger partial charge in [-0.3, -0.25) is 9.59 Å². The first-order valence-electron chi connectivity index (χ1n) is 47.1. The molecular formula is C98H181NO8. The molecule has 0 bridgehead atoms. The number of carboxylic acid groups (broad SMARTS) is 1. The lowest BCUT2D eigenvalue weighted by atomic mass is 10.0. The SMILES string of the molecule is CC/C=C\C/C=C\C/C=C\C/C=C\C/C=C\CCCCCCCCCCCCCCCCCCCCCCCCCCCC(=O)OC(COC(=O)CCCCCCCCCCCCCCCCCCCCCCCCCCCCCCC/C=C\CCCCCCCCCC)COC(OCC[N+](C)(C)C)C(=O)[O-]. The average Bonchev–Trinajstić information content (AvgIpc) is 0.965. The number of hydrogen-bond acceptors (Lipinski definition) is 8. The number of allylic oxidation sites excluding steroid dienone is 12.